The number of nitrogens with one attached hydrogen (secondary N) is 2. The Balaban J connectivity index is 2.14. The Labute approximate surface area is 115 Å². The molecule has 1 atom stereocenters. The number of anilines is 1. The van der Waals surface area contributed by atoms with Gasteiger partial charge in [-0.05, 0) is 43.6 Å². The van der Waals surface area contributed by atoms with E-state index < -0.39 is 0 Å². The van der Waals surface area contributed by atoms with E-state index in [1.165, 1.54) is 12.8 Å². The van der Waals surface area contributed by atoms with Crippen molar-refractivity contribution < 1.29 is 0 Å². The molecule has 1 unspecified atom stereocenters. The molecule has 1 fully saturated rings. The monoisotopic (exact) mass is 263 g/mol. The standard InChI is InChI=1S/C14H21N3S/c1-3-5-11-14(4-2)15-13(18)17(16-14)12-9-7-6-8-10-12/h6-10,16H,3-5,11H2,1-2H3,(H,15,18). The van der Waals surface area contributed by atoms with Gasteiger partial charge in [-0.15, -0.1) is 0 Å². The lowest BCUT2D eigenvalue weighted by Gasteiger charge is -2.28. The van der Waals surface area contributed by atoms with Gasteiger partial charge in [0.1, 0.15) is 5.66 Å². The van der Waals surface area contributed by atoms with E-state index in [-0.39, 0.29) is 5.66 Å². The fraction of sp³-hybridized carbons (Fsp3) is 0.500. The molecule has 0 spiro atoms. The van der Waals surface area contributed by atoms with E-state index in [9.17, 15) is 0 Å². The number of thiocarbonyl (C=S) groups is 1. The van der Waals surface area contributed by atoms with Crippen LogP contribution in [0.1, 0.15) is 39.5 Å². The molecule has 0 radical (unpaired) electrons. The zero-order valence-electron chi connectivity index (χ0n) is 11.1. The molecule has 1 aromatic carbocycles. The number of hydrogen-bond acceptors (Lipinski definition) is 2. The summed E-state index contributed by atoms with van der Waals surface area (Å²) in [5.41, 5.74) is 4.54. The Hall–Kier alpha value is -1.13. The summed E-state index contributed by atoms with van der Waals surface area (Å²) in [7, 11) is 0. The maximum Gasteiger partial charge on any atom is 0.189 e. The van der Waals surface area contributed by atoms with Crippen LogP contribution in [0.2, 0.25) is 0 Å². The summed E-state index contributed by atoms with van der Waals surface area (Å²) < 4.78 is 0. The lowest BCUT2D eigenvalue weighted by atomic mass is 10.0. The van der Waals surface area contributed by atoms with E-state index in [1.807, 2.05) is 23.2 Å². The first kappa shape index (κ1) is 13.3. The quantitative estimate of drug-likeness (QED) is 0.798. The van der Waals surface area contributed by atoms with Gasteiger partial charge in [0.05, 0.1) is 5.69 Å². The smallest absolute Gasteiger partial charge is 0.189 e. The molecule has 0 amide bonds. The Morgan fingerprint density at radius 2 is 1.94 bits per heavy atom. The average Bonchev–Trinajstić information content (AvgIpc) is 2.75. The van der Waals surface area contributed by atoms with Crippen LogP contribution >= 0.6 is 12.2 Å². The third-order valence-electron chi connectivity index (χ3n) is 3.45. The van der Waals surface area contributed by atoms with Gasteiger partial charge in [-0.25, -0.2) is 5.43 Å². The largest absolute Gasteiger partial charge is 0.342 e. The fourth-order valence-corrected chi connectivity index (χ4v) is 2.60. The minimum atomic E-state index is -0.0804. The van der Waals surface area contributed by atoms with Crippen molar-refractivity contribution in [2.24, 2.45) is 0 Å². The maximum absolute atomic E-state index is 5.44. The number of unbranched alkanes of at least 4 members (excludes halogenated alkanes) is 1. The van der Waals surface area contributed by atoms with Crippen LogP contribution in [0, 0.1) is 0 Å². The molecule has 1 aromatic rings. The van der Waals surface area contributed by atoms with Crippen molar-refractivity contribution in [1.29, 1.82) is 0 Å². The van der Waals surface area contributed by atoms with Gasteiger partial charge in [-0.1, -0.05) is 38.5 Å². The maximum atomic E-state index is 5.44. The summed E-state index contributed by atoms with van der Waals surface area (Å²) in [4.78, 5) is 0. The van der Waals surface area contributed by atoms with E-state index in [4.69, 9.17) is 12.2 Å². The van der Waals surface area contributed by atoms with Gasteiger partial charge in [-0.2, -0.15) is 0 Å². The molecular weight excluding hydrogens is 242 g/mol. The number of para-hydroxylation sites is 1. The summed E-state index contributed by atoms with van der Waals surface area (Å²) in [5, 5.41) is 6.19. The van der Waals surface area contributed by atoms with Crippen molar-refractivity contribution >= 4 is 23.0 Å². The van der Waals surface area contributed by atoms with E-state index >= 15 is 0 Å². The summed E-state index contributed by atoms with van der Waals surface area (Å²) in [5.74, 6) is 0. The lowest BCUT2D eigenvalue weighted by Crippen LogP contribution is -2.50. The molecule has 4 heteroatoms. The highest BCUT2D eigenvalue weighted by atomic mass is 32.1. The zero-order chi connectivity index (χ0) is 13.0. The second kappa shape index (κ2) is 5.67. The molecule has 1 saturated heterocycles. The molecule has 2 rings (SSSR count). The highest BCUT2D eigenvalue weighted by molar-refractivity contribution is 7.80. The number of rotatable bonds is 5. The molecule has 3 nitrogen and oxygen atoms in total. The minimum absolute atomic E-state index is 0.0804. The van der Waals surface area contributed by atoms with Gasteiger partial charge in [0.25, 0.3) is 0 Å². The van der Waals surface area contributed by atoms with Crippen molar-refractivity contribution in [3.63, 3.8) is 0 Å². The molecule has 1 aliphatic rings. The number of hydrogen-bond donors (Lipinski definition) is 2. The third kappa shape index (κ3) is 2.65. The van der Waals surface area contributed by atoms with Crippen molar-refractivity contribution in [2.75, 3.05) is 5.01 Å². The number of nitrogens with zero attached hydrogens (tertiary/aromatic N) is 1. The van der Waals surface area contributed by atoms with Crippen molar-refractivity contribution in [3.8, 4) is 0 Å². The van der Waals surface area contributed by atoms with Crippen molar-refractivity contribution in [3.05, 3.63) is 30.3 Å². The van der Waals surface area contributed by atoms with Gasteiger partial charge >= 0.3 is 0 Å². The van der Waals surface area contributed by atoms with Crippen LogP contribution in [0.5, 0.6) is 0 Å². The van der Waals surface area contributed by atoms with Crippen LogP contribution in [0.25, 0.3) is 0 Å². The van der Waals surface area contributed by atoms with Crippen LogP contribution in [0.15, 0.2) is 30.3 Å². The molecule has 0 aliphatic carbocycles. The second-order valence-corrected chi connectivity index (χ2v) is 5.14. The van der Waals surface area contributed by atoms with Crippen molar-refractivity contribution in [2.45, 2.75) is 45.2 Å². The molecular formula is C14H21N3S. The predicted octanol–water partition coefficient (Wildman–Crippen LogP) is 3.18. The highest BCUT2D eigenvalue weighted by Gasteiger charge is 2.38. The van der Waals surface area contributed by atoms with Crippen LogP contribution in [-0.4, -0.2) is 10.8 Å². The van der Waals surface area contributed by atoms with Gasteiger partial charge in [0.2, 0.25) is 0 Å². The molecule has 0 bridgehead atoms. The second-order valence-electron chi connectivity index (χ2n) is 4.75. The molecule has 2 N–H and O–H groups in total. The van der Waals surface area contributed by atoms with Gasteiger partial charge < -0.3 is 5.32 Å². The molecule has 1 heterocycles. The number of benzene rings is 1. The fourth-order valence-electron chi connectivity index (χ4n) is 2.25. The van der Waals surface area contributed by atoms with Crippen LogP contribution in [0.4, 0.5) is 5.69 Å². The van der Waals surface area contributed by atoms with E-state index in [0.717, 1.165) is 23.6 Å². The Morgan fingerprint density at radius 1 is 1.22 bits per heavy atom. The van der Waals surface area contributed by atoms with E-state index in [0.29, 0.717) is 0 Å². The first-order chi connectivity index (χ1) is 8.71. The van der Waals surface area contributed by atoms with Crippen LogP contribution in [0.3, 0.4) is 0 Å². The summed E-state index contributed by atoms with van der Waals surface area (Å²) in [6.45, 7) is 4.40. The summed E-state index contributed by atoms with van der Waals surface area (Å²) in [6, 6.07) is 10.2. The first-order valence-corrected chi connectivity index (χ1v) is 7.07. The average molecular weight is 263 g/mol. The van der Waals surface area contributed by atoms with Gasteiger partial charge in [-0.3, -0.25) is 5.01 Å². The lowest BCUT2D eigenvalue weighted by molar-refractivity contribution is 0.294. The Morgan fingerprint density at radius 3 is 2.56 bits per heavy atom. The third-order valence-corrected chi connectivity index (χ3v) is 3.73. The molecule has 1 aliphatic heterocycles. The molecule has 0 saturated carbocycles. The Kier molecular flexibility index (Phi) is 4.19. The predicted molar refractivity (Wildman–Crippen MR) is 80.3 cm³/mol. The SMILES string of the molecule is CCCCC1(CC)NC(=S)N(c2ccccc2)N1. The highest BCUT2D eigenvalue weighted by Crippen LogP contribution is 2.25. The number of hydrazine groups is 1. The zero-order valence-corrected chi connectivity index (χ0v) is 11.9. The topological polar surface area (TPSA) is 27.3 Å². The van der Waals surface area contributed by atoms with E-state index in [2.05, 4.69) is 36.7 Å². The first-order valence-electron chi connectivity index (χ1n) is 6.66. The van der Waals surface area contributed by atoms with Crippen molar-refractivity contribution in [1.82, 2.24) is 10.7 Å². The van der Waals surface area contributed by atoms with E-state index in [1.54, 1.807) is 0 Å². The van der Waals surface area contributed by atoms with Gasteiger partial charge in [0.15, 0.2) is 5.11 Å². The van der Waals surface area contributed by atoms with Gasteiger partial charge in [0, 0.05) is 0 Å². The summed E-state index contributed by atoms with van der Waals surface area (Å²) >= 11 is 5.44. The Bertz CT molecular complexity index is 407. The molecule has 98 valence electrons. The van der Waals surface area contributed by atoms with Crippen LogP contribution in [-0.2, 0) is 0 Å². The molecule has 0 aromatic heterocycles. The van der Waals surface area contributed by atoms with Crippen LogP contribution < -0.4 is 15.8 Å². The minimum Gasteiger partial charge on any atom is -0.342 e. The summed E-state index contributed by atoms with van der Waals surface area (Å²) in [6.07, 6.45) is 4.49. The molecule has 18 heavy (non-hydrogen) atoms. The normalized spacial score (nSPS) is 23.2.